The summed E-state index contributed by atoms with van der Waals surface area (Å²) in [6.07, 6.45) is 7.90. The largest absolute Gasteiger partial charge is 0.480 e. The van der Waals surface area contributed by atoms with Crippen LogP contribution in [0, 0.1) is 17.8 Å². The number of thiazole rings is 1. The molecule has 5 heteroatoms. The van der Waals surface area contributed by atoms with E-state index in [2.05, 4.69) is 33.2 Å². The number of nitrogens with zero attached hydrogens (tertiary/aromatic N) is 2. The van der Waals surface area contributed by atoms with Gasteiger partial charge < -0.3 is 10.1 Å². The first-order chi connectivity index (χ1) is 10.3. The molecule has 2 saturated carbocycles. The Morgan fingerprint density at radius 1 is 1.48 bits per heavy atom. The Morgan fingerprint density at radius 2 is 2.38 bits per heavy atom. The molecule has 4 nitrogen and oxygen atoms in total. The van der Waals surface area contributed by atoms with Crippen molar-refractivity contribution in [2.24, 2.45) is 17.8 Å². The third-order valence-corrected chi connectivity index (χ3v) is 6.30. The molecule has 21 heavy (non-hydrogen) atoms. The van der Waals surface area contributed by atoms with Gasteiger partial charge in [0.05, 0.1) is 7.11 Å². The molecule has 2 aliphatic carbocycles. The van der Waals surface area contributed by atoms with E-state index in [1.165, 1.54) is 25.7 Å². The van der Waals surface area contributed by atoms with Gasteiger partial charge in [-0.15, -0.1) is 11.3 Å². The molecule has 2 bridgehead atoms. The Morgan fingerprint density at radius 3 is 3.10 bits per heavy atom. The van der Waals surface area contributed by atoms with Gasteiger partial charge in [0.25, 0.3) is 0 Å². The van der Waals surface area contributed by atoms with Crippen molar-refractivity contribution in [3.63, 3.8) is 0 Å². The van der Waals surface area contributed by atoms with Gasteiger partial charge in [-0.05, 0) is 43.9 Å². The molecule has 2 aromatic heterocycles. The summed E-state index contributed by atoms with van der Waals surface area (Å²) in [5, 5.41) is 5.81. The van der Waals surface area contributed by atoms with Gasteiger partial charge in [0.2, 0.25) is 5.88 Å². The van der Waals surface area contributed by atoms with E-state index in [9.17, 15) is 0 Å². The Kier molecular flexibility index (Phi) is 3.42. The van der Waals surface area contributed by atoms with Crippen LogP contribution in [0.25, 0.3) is 4.96 Å². The SMILES string of the molecule is COc1nc2sccn2c1CNC(C)C1CC2CCC1C2. The quantitative estimate of drug-likeness (QED) is 0.921. The second-order valence-electron chi connectivity index (χ2n) is 6.63. The maximum atomic E-state index is 5.43. The predicted octanol–water partition coefficient (Wildman–Crippen LogP) is 3.32. The van der Waals surface area contributed by atoms with Gasteiger partial charge in [-0.3, -0.25) is 4.40 Å². The highest BCUT2D eigenvalue weighted by Crippen LogP contribution is 2.49. The van der Waals surface area contributed by atoms with Gasteiger partial charge in [0.1, 0.15) is 5.69 Å². The van der Waals surface area contributed by atoms with Gasteiger partial charge >= 0.3 is 0 Å². The number of hydrogen-bond acceptors (Lipinski definition) is 4. The molecule has 0 saturated heterocycles. The number of nitrogens with one attached hydrogen (secondary N) is 1. The third-order valence-electron chi connectivity index (χ3n) is 5.54. The number of aromatic nitrogens is 2. The lowest BCUT2D eigenvalue weighted by molar-refractivity contribution is 0.258. The monoisotopic (exact) mass is 305 g/mol. The highest BCUT2D eigenvalue weighted by molar-refractivity contribution is 7.15. The normalized spacial score (nSPS) is 29.3. The topological polar surface area (TPSA) is 38.6 Å². The van der Waals surface area contributed by atoms with Gasteiger partial charge in [-0.25, -0.2) is 0 Å². The van der Waals surface area contributed by atoms with Gasteiger partial charge in [0, 0.05) is 24.2 Å². The standard InChI is InChI=1S/C16H23N3OS/c1-10(13-8-11-3-4-12(13)7-11)17-9-14-15(20-2)18-16-19(14)5-6-21-16/h5-6,10-13,17H,3-4,7-9H2,1-2H3. The van der Waals surface area contributed by atoms with Crippen molar-refractivity contribution in [3.8, 4) is 5.88 Å². The minimum atomic E-state index is 0.578. The van der Waals surface area contributed by atoms with E-state index in [1.807, 2.05) is 0 Å². The molecule has 4 unspecified atom stereocenters. The van der Waals surface area contributed by atoms with Crippen LogP contribution >= 0.6 is 11.3 Å². The zero-order valence-electron chi connectivity index (χ0n) is 12.7. The third kappa shape index (κ3) is 2.27. The molecule has 0 aromatic carbocycles. The highest BCUT2D eigenvalue weighted by Gasteiger charge is 2.41. The summed E-state index contributed by atoms with van der Waals surface area (Å²) in [5.41, 5.74) is 1.14. The molecule has 0 radical (unpaired) electrons. The first kappa shape index (κ1) is 13.6. The van der Waals surface area contributed by atoms with E-state index in [-0.39, 0.29) is 0 Å². The predicted molar refractivity (Wildman–Crippen MR) is 84.9 cm³/mol. The maximum Gasteiger partial charge on any atom is 0.237 e. The average Bonchev–Trinajstić information content (AvgIpc) is 3.24. The lowest BCUT2D eigenvalue weighted by atomic mass is 9.84. The molecule has 0 spiro atoms. The summed E-state index contributed by atoms with van der Waals surface area (Å²) in [6.45, 7) is 3.18. The lowest BCUT2D eigenvalue weighted by Gasteiger charge is -2.28. The summed E-state index contributed by atoms with van der Waals surface area (Å²) < 4.78 is 7.57. The van der Waals surface area contributed by atoms with Crippen LogP contribution < -0.4 is 10.1 Å². The molecular formula is C16H23N3OS. The van der Waals surface area contributed by atoms with Crippen molar-refractivity contribution in [3.05, 3.63) is 17.3 Å². The number of methoxy groups -OCH3 is 1. The first-order valence-electron chi connectivity index (χ1n) is 7.98. The summed E-state index contributed by atoms with van der Waals surface area (Å²) in [5.74, 6) is 3.60. The number of fused-ring (bicyclic) bond motifs is 3. The second-order valence-corrected chi connectivity index (χ2v) is 7.50. The van der Waals surface area contributed by atoms with Gasteiger partial charge in [0.15, 0.2) is 4.96 Å². The molecular weight excluding hydrogens is 282 g/mol. The van der Waals surface area contributed by atoms with Crippen molar-refractivity contribution in [1.82, 2.24) is 14.7 Å². The Balaban J connectivity index is 1.46. The summed E-state index contributed by atoms with van der Waals surface area (Å²) >= 11 is 1.65. The zero-order chi connectivity index (χ0) is 14.4. The smallest absolute Gasteiger partial charge is 0.237 e. The number of rotatable bonds is 5. The minimum absolute atomic E-state index is 0.578. The average molecular weight is 305 g/mol. The molecule has 4 atom stereocenters. The molecule has 2 heterocycles. The van der Waals surface area contributed by atoms with Crippen LogP contribution in [0.5, 0.6) is 5.88 Å². The van der Waals surface area contributed by atoms with Gasteiger partial charge in [-0.1, -0.05) is 6.42 Å². The van der Waals surface area contributed by atoms with Gasteiger partial charge in [-0.2, -0.15) is 4.98 Å². The maximum absolute atomic E-state index is 5.43. The fourth-order valence-electron chi connectivity index (χ4n) is 4.45. The number of ether oxygens (including phenoxy) is 1. The van der Waals surface area contributed by atoms with E-state index >= 15 is 0 Å². The first-order valence-corrected chi connectivity index (χ1v) is 8.86. The molecule has 2 fully saturated rings. The van der Waals surface area contributed by atoms with Crippen LogP contribution in [0.4, 0.5) is 0 Å². The van der Waals surface area contributed by atoms with Crippen LogP contribution in [0.2, 0.25) is 0 Å². The van der Waals surface area contributed by atoms with Crippen LogP contribution in [-0.2, 0) is 6.54 Å². The Bertz CT molecular complexity index is 635. The van der Waals surface area contributed by atoms with E-state index < -0.39 is 0 Å². The lowest BCUT2D eigenvalue weighted by Crippen LogP contribution is -2.36. The summed E-state index contributed by atoms with van der Waals surface area (Å²) in [6, 6.07) is 0.578. The van der Waals surface area contributed by atoms with E-state index in [0.29, 0.717) is 6.04 Å². The number of imidazole rings is 1. The fraction of sp³-hybridized carbons (Fsp3) is 0.688. The molecule has 2 aliphatic rings. The van der Waals surface area contributed by atoms with Crippen LogP contribution in [0.3, 0.4) is 0 Å². The van der Waals surface area contributed by atoms with Crippen molar-refractivity contribution < 1.29 is 4.74 Å². The molecule has 2 aromatic rings. The molecule has 1 N–H and O–H groups in total. The second kappa shape index (κ2) is 5.29. The summed E-state index contributed by atoms with van der Waals surface area (Å²) in [4.78, 5) is 5.53. The molecule has 0 aliphatic heterocycles. The Hall–Kier alpha value is -1.07. The highest BCUT2D eigenvalue weighted by atomic mass is 32.1. The van der Waals surface area contributed by atoms with Crippen molar-refractivity contribution in [2.45, 2.75) is 45.2 Å². The van der Waals surface area contributed by atoms with Crippen molar-refractivity contribution in [1.29, 1.82) is 0 Å². The number of hydrogen-bond donors (Lipinski definition) is 1. The van der Waals surface area contributed by atoms with Crippen LogP contribution in [0.15, 0.2) is 11.6 Å². The summed E-state index contributed by atoms with van der Waals surface area (Å²) in [7, 11) is 1.70. The zero-order valence-corrected chi connectivity index (χ0v) is 13.5. The molecule has 0 amide bonds. The van der Waals surface area contributed by atoms with Crippen LogP contribution in [-0.4, -0.2) is 22.5 Å². The van der Waals surface area contributed by atoms with E-state index in [4.69, 9.17) is 4.74 Å². The minimum Gasteiger partial charge on any atom is -0.480 e. The Labute approximate surface area is 129 Å². The van der Waals surface area contributed by atoms with Crippen molar-refractivity contribution >= 4 is 16.3 Å². The van der Waals surface area contributed by atoms with Crippen molar-refractivity contribution in [2.75, 3.05) is 7.11 Å². The fourth-order valence-corrected chi connectivity index (χ4v) is 5.18. The van der Waals surface area contributed by atoms with E-state index in [0.717, 1.165) is 40.8 Å². The van der Waals surface area contributed by atoms with Crippen LogP contribution in [0.1, 0.15) is 38.3 Å². The molecule has 4 rings (SSSR count). The molecule has 114 valence electrons. The van der Waals surface area contributed by atoms with E-state index in [1.54, 1.807) is 18.4 Å².